The van der Waals surface area contributed by atoms with Gasteiger partial charge >= 0.3 is 0 Å². The summed E-state index contributed by atoms with van der Waals surface area (Å²) in [6, 6.07) is 6.97. The Morgan fingerprint density at radius 1 is 1.18 bits per heavy atom. The van der Waals surface area contributed by atoms with Crippen molar-refractivity contribution < 1.29 is 9.90 Å². The van der Waals surface area contributed by atoms with Crippen LogP contribution in [0, 0.1) is 0 Å². The predicted octanol–water partition coefficient (Wildman–Crippen LogP) is 4.68. The van der Waals surface area contributed by atoms with Gasteiger partial charge in [-0.15, -0.1) is 0 Å². The summed E-state index contributed by atoms with van der Waals surface area (Å²) < 4.78 is 0. The van der Waals surface area contributed by atoms with Gasteiger partial charge in [0.1, 0.15) is 5.75 Å². The topological polar surface area (TPSA) is 40.5 Å². The number of allylic oxidation sites excluding steroid dienone is 3. The molecule has 22 heavy (non-hydrogen) atoms. The van der Waals surface area contributed by atoms with Gasteiger partial charge in [0.05, 0.1) is 0 Å². The largest absolute Gasteiger partial charge is 0.508 e. The van der Waals surface area contributed by atoms with E-state index in [-0.39, 0.29) is 11.7 Å². The van der Waals surface area contributed by atoms with Crippen molar-refractivity contribution in [3.05, 3.63) is 53.6 Å². The molecule has 1 N–H and O–H groups in total. The molecule has 0 saturated heterocycles. The lowest BCUT2D eigenvalue weighted by Gasteiger charge is -2.21. The summed E-state index contributed by atoms with van der Waals surface area (Å²) in [6.07, 6.45) is 6.99. The van der Waals surface area contributed by atoms with Gasteiger partial charge in [0.25, 0.3) is 0 Å². The molecule has 1 rings (SSSR count). The first kappa shape index (κ1) is 20.0. The fourth-order valence-electron chi connectivity index (χ4n) is 1.97. The summed E-state index contributed by atoms with van der Waals surface area (Å²) in [5.41, 5.74) is 2.25. The summed E-state index contributed by atoms with van der Waals surface area (Å²) in [6.45, 7) is 10.9. The highest BCUT2D eigenvalue weighted by Crippen LogP contribution is 2.13. The van der Waals surface area contributed by atoms with Gasteiger partial charge in [-0.1, -0.05) is 49.8 Å². The molecule has 1 aromatic carbocycles. The van der Waals surface area contributed by atoms with Crippen LogP contribution in [0.1, 0.15) is 46.6 Å². The second-order valence-corrected chi connectivity index (χ2v) is 4.72. The molecular formula is C19H29NO2. The zero-order valence-electron chi connectivity index (χ0n) is 14.5. The Bertz CT molecular complexity index is 487. The van der Waals surface area contributed by atoms with Gasteiger partial charge in [0.15, 0.2) is 0 Å². The first-order valence-corrected chi connectivity index (χ1v) is 7.88. The van der Waals surface area contributed by atoms with Gasteiger partial charge in [-0.05, 0) is 38.0 Å². The van der Waals surface area contributed by atoms with E-state index in [0.29, 0.717) is 13.1 Å². The molecule has 0 bridgehead atoms. The number of hydrogen-bond acceptors (Lipinski definition) is 2. The highest BCUT2D eigenvalue weighted by Gasteiger charge is 2.09. The molecule has 0 aliphatic heterocycles. The fourth-order valence-corrected chi connectivity index (χ4v) is 1.97. The summed E-state index contributed by atoms with van der Waals surface area (Å²) in [5, 5.41) is 9.27. The molecule has 122 valence electrons. The van der Waals surface area contributed by atoms with Crippen LogP contribution in [0.15, 0.2) is 48.1 Å². The maximum Gasteiger partial charge on any atom is 0.219 e. The molecule has 3 heteroatoms. The SMILES string of the molecule is C/C=C\C(=C/C)CCN(Cc1ccc(O)cc1)C(C)=O.CC. The maximum atomic E-state index is 11.7. The van der Waals surface area contributed by atoms with Crippen molar-refractivity contribution in [3.63, 3.8) is 0 Å². The molecule has 3 nitrogen and oxygen atoms in total. The Morgan fingerprint density at radius 3 is 2.23 bits per heavy atom. The highest BCUT2D eigenvalue weighted by molar-refractivity contribution is 5.73. The van der Waals surface area contributed by atoms with Crippen LogP contribution >= 0.6 is 0 Å². The van der Waals surface area contributed by atoms with E-state index in [1.54, 1.807) is 19.1 Å². The van der Waals surface area contributed by atoms with Crippen molar-refractivity contribution >= 4 is 5.91 Å². The van der Waals surface area contributed by atoms with Crippen LogP contribution in [0.4, 0.5) is 0 Å². The lowest BCUT2D eigenvalue weighted by atomic mass is 10.1. The highest BCUT2D eigenvalue weighted by atomic mass is 16.3. The molecule has 0 heterocycles. The smallest absolute Gasteiger partial charge is 0.219 e. The van der Waals surface area contributed by atoms with E-state index < -0.39 is 0 Å². The number of hydrogen-bond donors (Lipinski definition) is 1. The average Bonchev–Trinajstić information content (AvgIpc) is 2.53. The number of nitrogens with zero attached hydrogens (tertiary/aromatic N) is 1. The molecule has 0 aliphatic carbocycles. The molecule has 1 amide bonds. The average molecular weight is 303 g/mol. The number of carbonyl (C=O) groups is 1. The van der Waals surface area contributed by atoms with Gasteiger partial charge in [-0.3, -0.25) is 4.79 Å². The standard InChI is InChI=1S/C17H23NO2.C2H6/c1-4-6-15(5-2)11-12-18(14(3)19)13-16-7-9-17(20)10-8-16;1-2/h4-10,20H,11-13H2,1-3H3;1-2H3/b6-4-,15-5+;. The Hall–Kier alpha value is -2.03. The number of phenolic OH excluding ortho intramolecular Hbond substituents is 1. The van der Waals surface area contributed by atoms with E-state index in [9.17, 15) is 9.90 Å². The van der Waals surface area contributed by atoms with E-state index in [1.807, 2.05) is 50.8 Å². The molecule has 0 unspecified atom stereocenters. The van der Waals surface area contributed by atoms with E-state index in [4.69, 9.17) is 0 Å². The van der Waals surface area contributed by atoms with Crippen LogP contribution < -0.4 is 0 Å². The lowest BCUT2D eigenvalue weighted by molar-refractivity contribution is -0.129. The van der Waals surface area contributed by atoms with Crippen LogP contribution in [0.25, 0.3) is 0 Å². The Morgan fingerprint density at radius 2 is 1.77 bits per heavy atom. The predicted molar refractivity (Wildman–Crippen MR) is 93.7 cm³/mol. The van der Waals surface area contributed by atoms with Gasteiger partial charge in [0, 0.05) is 20.0 Å². The Labute approximate surface area is 135 Å². The molecule has 0 aromatic heterocycles. The first-order chi connectivity index (χ1) is 10.6. The van der Waals surface area contributed by atoms with Gasteiger partial charge in [-0.25, -0.2) is 0 Å². The van der Waals surface area contributed by atoms with E-state index >= 15 is 0 Å². The summed E-state index contributed by atoms with van der Waals surface area (Å²) in [5.74, 6) is 0.307. The Kier molecular flexibility index (Phi) is 10.5. The monoisotopic (exact) mass is 303 g/mol. The number of carbonyl (C=O) groups excluding carboxylic acids is 1. The fraction of sp³-hybridized carbons (Fsp3) is 0.421. The number of benzene rings is 1. The summed E-state index contributed by atoms with van der Waals surface area (Å²) in [4.78, 5) is 13.5. The van der Waals surface area contributed by atoms with Crippen molar-refractivity contribution in [2.45, 2.75) is 47.6 Å². The molecule has 0 saturated carbocycles. The van der Waals surface area contributed by atoms with E-state index in [1.165, 1.54) is 5.57 Å². The second-order valence-electron chi connectivity index (χ2n) is 4.72. The van der Waals surface area contributed by atoms with Crippen LogP contribution in [0.5, 0.6) is 5.75 Å². The normalized spacial score (nSPS) is 11.0. The van der Waals surface area contributed by atoms with Crippen molar-refractivity contribution in [1.29, 1.82) is 0 Å². The quantitative estimate of drug-likeness (QED) is 0.775. The zero-order chi connectivity index (χ0) is 17.0. The minimum atomic E-state index is 0.0639. The molecule has 0 atom stereocenters. The third kappa shape index (κ3) is 7.67. The van der Waals surface area contributed by atoms with Crippen molar-refractivity contribution in [3.8, 4) is 5.75 Å². The summed E-state index contributed by atoms with van der Waals surface area (Å²) in [7, 11) is 0. The number of aromatic hydroxyl groups is 1. The Balaban J connectivity index is 0.00000211. The molecule has 1 aromatic rings. The molecular weight excluding hydrogens is 274 g/mol. The van der Waals surface area contributed by atoms with Crippen LogP contribution in [-0.2, 0) is 11.3 Å². The van der Waals surface area contributed by atoms with Gasteiger partial charge in [0.2, 0.25) is 5.91 Å². The van der Waals surface area contributed by atoms with Gasteiger partial charge in [-0.2, -0.15) is 0 Å². The van der Waals surface area contributed by atoms with Crippen LogP contribution in [-0.4, -0.2) is 22.5 Å². The molecule has 0 fully saturated rings. The molecule has 0 aliphatic rings. The molecule has 0 spiro atoms. The van der Waals surface area contributed by atoms with Crippen molar-refractivity contribution in [2.75, 3.05) is 6.54 Å². The van der Waals surface area contributed by atoms with E-state index in [0.717, 1.165) is 12.0 Å². The summed E-state index contributed by atoms with van der Waals surface area (Å²) >= 11 is 0. The minimum absolute atomic E-state index is 0.0639. The number of amides is 1. The van der Waals surface area contributed by atoms with Crippen LogP contribution in [0.2, 0.25) is 0 Å². The number of rotatable bonds is 6. The zero-order valence-corrected chi connectivity index (χ0v) is 14.5. The van der Waals surface area contributed by atoms with Crippen LogP contribution in [0.3, 0.4) is 0 Å². The maximum absolute atomic E-state index is 11.7. The first-order valence-electron chi connectivity index (χ1n) is 7.88. The third-order valence-electron chi connectivity index (χ3n) is 3.18. The minimum Gasteiger partial charge on any atom is -0.508 e. The second kappa shape index (κ2) is 11.6. The third-order valence-corrected chi connectivity index (χ3v) is 3.18. The number of phenols is 1. The van der Waals surface area contributed by atoms with E-state index in [2.05, 4.69) is 12.2 Å². The van der Waals surface area contributed by atoms with Crippen molar-refractivity contribution in [2.24, 2.45) is 0 Å². The van der Waals surface area contributed by atoms with Gasteiger partial charge < -0.3 is 10.0 Å². The molecule has 0 radical (unpaired) electrons. The lowest BCUT2D eigenvalue weighted by Crippen LogP contribution is -2.29. The van der Waals surface area contributed by atoms with Crippen molar-refractivity contribution in [1.82, 2.24) is 4.90 Å².